The number of carbonyl (C=O) groups is 1. The maximum absolute atomic E-state index is 10.7. The van der Waals surface area contributed by atoms with Crippen molar-refractivity contribution >= 4 is 50.6 Å². The molecule has 1 heterocycles. The van der Waals surface area contributed by atoms with Crippen LogP contribution in [0.15, 0.2) is 18.2 Å². The summed E-state index contributed by atoms with van der Waals surface area (Å²) >= 11 is 12.7. The number of rotatable bonds is 1. The van der Waals surface area contributed by atoms with Gasteiger partial charge in [-0.2, -0.15) is 0 Å². The quantitative estimate of drug-likeness (QED) is 0.775. The Balaban J connectivity index is 2.79. The van der Waals surface area contributed by atoms with Gasteiger partial charge in [0.05, 0.1) is 15.9 Å². The number of hydrogen-bond donors (Lipinski definition) is 0. The van der Waals surface area contributed by atoms with Crippen LogP contribution >= 0.6 is 34.5 Å². The van der Waals surface area contributed by atoms with Crippen molar-refractivity contribution in [2.45, 2.75) is 0 Å². The molecule has 0 spiro atoms. The molecule has 0 atom stereocenters. The summed E-state index contributed by atoms with van der Waals surface area (Å²) in [5.74, 6) is -1.26. The van der Waals surface area contributed by atoms with Gasteiger partial charge in [0.15, 0.2) is 0 Å². The second kappa shape index (κ2) is 3.42. The summed E-state index contributed by atoms with van der Waals surface area (Å²) in [7, 11) is 0. The van der Waals surface area contributed by atoms with E-state index in [4.69, 9.17) is 23.2 Å². The minimum atomic E-state index is -1.26. The highest BCUT2D eigenvalue weighted by Gasteiger charge is 2.10. The summed E-state index contributed by atoms with van der Waals surface area (Å²) in [5.41, 5.74) is 0. The van der Waals surface area contributed by atoms with Crippen LogP contribution in [0.2, 0.25) is 10.0 Å². The summed E-state index contributed by atoms with van der Waals surface area (Å²) in [6, 6.07) is 5.05. The van der Waals surface area contributed by atoms with Gasteiger partial charge >= 0.3 is 0 Å². The SMILES string of the molecule is O=C([O-])c1sc2cc(Cl)ccc2c1Cl. The largest absolute Gasteiger partial charge is 0.544 e. The molecule has 0 bridgehead atoms. The maximum atomic E-state index is 10.7. The van der Waals surface area contributed by atoms with Crippen LogP contribution in [0.1, 0.15) is 9.67 Å². The maximum Gasteiger partial charge on any atom is 0.0830 e. The highest BCUT2D eigenvalue weighted by molar-refractivity contribution is 7.21. The van der Waals surface area contributed by atoms with E-state index >= 15 is 0 Å². The Hall–Kier alpha value is -0.770. The molecular formula is C9H3Cl2O2S-. The summed E-state index contributed by atoms with van der Waals surface area (Å²) in [6.45, 7) is 0. The lowest BCUT2D eigenvalue weighted by atomic mass is 10.2. The second-order valence-electron chi connectivity index (χ2n) is 2.67. The van der Waals surface area contributed by atoms with Crippen molar-refractivity contribution in [3.8, 4) is 0 Å². The highest BCUT2D eigenvalue weighted by atomic mass is 35.5. The number of carbonyl (C=O) groups excluding carboxylic acids is 1. The molecule has 1 aromatic heterocycles. The van der Waals surface area contributed by atoms with Gasteiger partial charge in [0.25, 0.3) is 0 Å². The Labute approximate surface area is 93.7 Å². The van der Waals surface area contributed by atoms with E-state index in [-0.39, 0.29) is 9.90 Å². The molecule has 0 unspecified atom stereocenters. The molecule has 2 nitrogen and oxygen atoms in total. The van der Waals surface area contributed by atoms with Crippen LogP contribution in [0.4, 0.5) is 0 Å². The van der Waals surface area contributed by atoms with Crippen LogP contribution in [0.25, 0.3) is 10.1 Å². The minimum Gasteiger partial charge on any atom is -0.544 e. The number of hydrogen-bond acceptors (Lipinski definition) is 3. The third-order valence-electron chi connectivity index (χ3n) is 1.78. The van der Waals surface area contributed by atoms with Gasteiger partial charge in [0.1, 0.15) is 0 Å². The van der Waals surface area contributed by atoms with Crippen molar-refractivity contribution in [2.24, 2.45) is 0 Å². The van der Waals surface area contributed by atoms with Crippen molar-refractivity contribution in [3.05, 3.63) is 33.1 Å². The van der Waals surface area contributed by atoms with E-state index in [0.717, 1.165) is 16.0 Å². The van der Waals surface area contributed by atoms with E-state index in [9.17, 15) is 9.90 Å². The highest BCUT2D eigenvalue weighted by Crippen LogP contribution is 2.36. The van der Waals surface area contributed by atoms with Gasteiger partial charge in [-0.3, -0.25) is 0 Å². The lowest BCUT2D eigenvalue weighted by Crippen LogP contribution is -2.21. The fraction of sp³-hybridized carbons (Fsp3) is 0. The Morgan fingerprint density at radius 3 is 2.71 bits per heavy atom. The summed E-state index contributed by atoms with van der Waals surface area (Å²) < 4.78 is 0.752. The zero-order chi connectivity index (χ0) is 10.3. The van der Waals surface area contributed by atoms with Gasteiger partial charge in [-0.1, -0.05) is 29.3 Å². The number of carboxylic acid groups (broad SMARTS) is 1. The van der Waals surface area contributed by atoms with Gasteiger partial charge < -0.3 is 9.90 Å². The zero-order valence-corrected chi connectivity index (χ0v) is 9.04. The average Bonchev–Trinajstić information content (AvgIpc) is 2.43. The zero-order valence-electron chi connectivity index (χ0n) is 6.71. The average molecular weight is 246 g/mol. The first-order valence-corrected chi connectivity index (χ1v) is 5.25. The standard InChI is InChI=1S/C9H4Cl2O2S/c10-4-1-2-5-6(3-4)14-8(7(5)11)9(12)13/h1-3H,(H,12,13)/p-1. The predicted octanol–water partition coefficient (Wildman–Crippen LogP) is 2.57. The number of benzene rings is 1. The van der Waals surface area contributed by atoms with E-state index in [1.165, 1.54) is 0 Å². The van der Waals surface area contributed by atoms with Crippen molar-refractivity contribution in [3.63, 3.8) is 0 Å². The molecule has 2 rings (SSSR count). The Morgan fingerprint density at radius 1 is 1.36 bits per heavy atom. The molecule has 0 amide bonds. The van der Waals surface area contributed by atoms with Crippen LogP contribution in [0.3, 0.4) is 0 Å². The van der Waals surface area contributed by atoms with Crippen LogP contribution < -0.4 is 5.11 Å². The molecule has 0 aliphatic carbocycles. The van der Waals surface area contributed by atoms with Crippen molar-refractivity contribution < 1.29 is 9.90 Å². The molecular weight excluding hydrogens is 243 g/mol. The molecule has 0 radical (unpaired) electrons. The molecule has 72 valence electrons. The number of halogens is 2. The molecule has 14 heavy (non-hydrogen) atoms. The van der Waals surface area contributed by atoms with Gasteiger partial charge in [0, 0.05) is 15.1 Å². The van der Waals surface area contributed by atoms with Crippen LogP contribution in [-0.2, 0) is 0 Å². The fourth-order valence-electron chi connectivity index (χ4n) is 1.17. The van der Waals surface area contributed by atoms with Crippen molar-refractivity contribution in [1.29, 1.82) is 0 Å². The van der Waals surface area contributed by atoms with Crippen molar-refractivity contribution in [2.75, 3.05) is 0 Å². The molecule has 0 fully saturated rings. The van der Waals surface area contributed by atoms with Crippen LogP contribution in [0.5, 0.6) is 0 Å². The normalized spacial score (nSPS) is 10.7. The molecule has 0 aliphatic rings. The van der Waals surface area contributed by atoms with Crippen LogP contribution in [0, 0.1) is 0 Å². The van der Waals surface area contributed by atoms with Gasteiger partial charge in [-0.05, 0) is 12.1 Å². The molecule has 0 saturated carbocycles. The Kier molecular flexibility index (Phi) is 2.39. The first kappa shape index (κ1) is 9.77. The van der Waals surface area contributed by atoms with E-state index in [1.54, 1.807) is 18.2 Å². The lowest BCUT2D eigenvalue weighted by molar-refractivity contribution is -0.254. The van der Waals surface area contributed by atoms with E-state index in [0.29, 0.717) is 10.4 Å². The minimum absolute atomic E-state index is 0.0453. The third-order valence-corrected chi connectivity index (χ3v) is 3.65. The topological polar surface area (TPSA) is 40.1 Å². The second-order valence-corrected chi connectivity index (χ2v) is 4.54. The number of aromatic carboxylic acids is 1. The van der Waals surface area contributed by atoms with Gasteiger partial charge in [0.2, 0.25) is 0 Å². The third kappa shape index (κ3) is 1.47. The first-order chi connectivity index (χ1) is 6.59. The monoisotopic (exact) mass is 245 g/mol. The lowest BCUT2D eigenvalue weighted by Gasteiger charge is -1.96. The fourth-order valence-corrected chi connectivity index (χ4v) is 2.79. The molecule has 1 aromatic carbocycles. The predicted molar refractivity (Wildman–Crippen MR) is 56.2 cm³/mol. The number of fused-ring (bicyclic) bond motifs is 1. The molecule has 5 heteroatoms. The Bertz CT molecular complexity index is 519. The summed E-state index contributed by atoms with van der Waals surface area (Å²) in [4.78, 5) is 10.7. The number of thiophene rings is 1. The molecule has 0 saturated heterocycles. The summed E-state index contributed by atoms with van der Waals surface area (Å²) in [6.07, 6.45) is 0. The Morgan fingerprint density at radius 2 is 2.07 bits per heavy atom. The summed E-state index contributed by atoms with van der Waals surface area (Å²) in [5, 5.41) is 12.1. The van der Waals surface area contributed by atoms with Gasteiger partial charge in [-0.15, -0.1) is 11.3 Å². The van der Waals surface area contributed by atoms with Gasteiger partial charge in [-0.25, -0.2) is 0 Å². The number of carboxylic acids is 1. The molecule has 0 N–H and O–H groups in total. The smallest absolute Gasteiger partial charge is 0.0830 e. The first-order valence-electron chi connectivity index (χ1n) is 3.68. The van der Waals surface area contributed by atoms with Crippen LogP contribution in [-0.4, -0.2) is 5.97 Å². The van der Waals surface area contributed by atoms with E-state index in [1.807, 2.05) is 0 Å². The van der Waals surface area contributed by atoms with E-state index < -0.39 is 5.97 Å². The molecule has 2 aromatic rings. The van der Waals surface area contributed by atoms with Crippen molar-refractivity contribution in [1.82, 2.24) is 0 Å². The van der Waals surface area contributed by atoms with E-state index in [2.05, 4.69) is 0 Å². The molecule has 0 aliphatic heterocycles.